The molecule has 0 saturated carbocycles. The number of carbonyl (C=O) groups is 3. The molecule has 1 N–H and O–H groups in total. The number of carbonyl (C=O) groups excluding carboxylic acids is 3. The second kappa shape index (κ2) is 8.75. The second-order valence-corrected chi connectivity index (χ2v) is 5.48. The number of para-hydroxylation sites is 1. The van der Waals surface area contributed by atoms with E-state index in [1.54, 1.807) is 30.3 Å². The van der Waals surface area contributed by atoms with Crippen LogP contribution in [0.25, 0.3) is 0 Å². The van der Waals surface area contributed by atoms with Gasteiger partial charge in [0.1, 0.15) is 11.6 Å². The highest BCUT2D eigenvalue weighted by Crippen LogP contribution is 2.16. The Morgan fingerprint density at radius 2 is 1.81 bits per heavy atom. The summed E-state index contributed by atoms with van der Waals surface area (Å²) in [6.45, 7) is 2.16. The number of ether oxygens (including phenoxy) is 2. The van der Waals surface area contributed by atoms with Crippen molar-refractivity contribution in [1.29, 1.82) is 0 Å². The summed E-state index contributed by atoms with van der Waals surface area (Å²) in [5, 5.41) is 2.41. The molecule has 0 aliphatic rings. The Kier molecular flexibility index (Phi) is 6.43. The van der Waals surface area contributed by atoms with Gasteiger partial charge in [0.15, 0.2) is 12.7 Å². The number of esters is 1. The van der Waals surface area contributed by atoms with Crippen LogP contribution in [0, 0.1) is 5.82 Å². The minimum Gasteiger partial charge on any atom is -0.479 e. The van der Waals surface area contributed by atoms with Crippen molar-refractivity contribution in [1.82, 2.24) is 0 Å². The molecule has 0 saturated heterocycles. The molecule has 0 unspecified atom stereocenters. The number of nitrogens with one attached hydrogen (secondary N) is 1. The van der Waals surface area contributed by atoms with Crippen LogP contribution in [0.3, 0.4) is 0 Å². The zero-order chi connectivity index (χ0) is 19.1. The van der Waals surface area contributed by atoms with Gasteiger partial charge in [-0.2, -0.15) is 0 Å². The molecule has 0 aliphatic heterocycles. The maximum atomic E-state index is 14.0. The number of hydrogen-bond donors (Lipinski definition) is 1. The van der Waals surface area contributed by atoms with E-state index >= 15 is 0 Å². The third kappa shape index (κ3) is 5.41. The number of rotatable bonds is 7. The molecule has 26 heavy (non-hydrogen) atoms. The highest BCUT2D eigenvalue weighted by atomic mass is 19.1. The highest BCUT2D eigenvalue weighted by molar-refractivity contribution is 5.99. The van der Waals surface area contributed by atoms with Crippen molar-refractivity contribution in [3.63, 3.8) is 0 Å². The molecule has 2 rings (SSSR count). The minimum absolute atomic E-state index is 0.230. The van der Waals surface area contributed by atoms with E-state index in [4.69, 9.17) is 9.47 Å². The first-order valence-electron chi connectivity index (χ1n) is 7.85. The Labute approximate surface area is 149 Å². The van der Waals surface area contributed by atoms with Crippen LogP contribution in [0.2, 0.25) is 0 Å². The fourth-order valence-electron chi connectivity index (χ4n) is 2.11. The van der Waals surface area contributed by atoms with Gasteiger partial charge < -0.3 is 14.8 Å². The molecule has 0 aromatic heterocycles. The monoisotopic (exact) mass is 359 g/mol. The molecule has 6 nitrogen and oxygen atoms in total. The number of amides is 1. The largest absolute Gasteiger partial charge is 0.479 e. The zero-order valence-corrected chi connectivity index (χ0v) is 14.3. The van der Waals surface area contributed by atoms with Crippen molar-refractivity contribution in [2.45, 2.75) is 20.0 Å². The molecule has 0 radical (unpaired) electrons. The van der Waals surface area contributed by atoms with E-state index in [1.165, 1.54) is 26.0 Å². The standard InChI is InChI=1S/C19H18FNO5/c1-12(26-15-6-4-3-5-7-15)19(24)25-11-18(23)16-9-8-14(10-17(16)20)21-13(2)22/h3-10,12H,11H2,1-2H3,(H,21,22)/t12-/m1/s1. The van der Waals surface area contributed by atoms with E-state index in [0.29, 0.717) is 5.75 Å². The SMILES string of the molecule is CC(=O)Nc1ccc(C(=O)COC(=O)[C@@H](C)Oc2ccccc2)c(F)c1. The number of benzene rings is 2. The van der Waals surface area contributed by atoms with Gasteiger partial charge in [0.2, 0.25) is 11.7 Å². The highest BCUT2D eigenvalue weighted by Gasteiger charge is 2.20. The fraction of sp³-hybridized carbons (Fsp3) is 0.211. The normalized spacial score (nSPS) is 11.3. The molecule has 0 spiro atoms. The lowest BCUT2D eigenvalue weighted by Gasteiger charge is -2.13. The van der Waals surface area contributed by atoms with Gasteiger partial charge in [-0.1, -0.05) is 18.2 Å². The van der Waals surface area contributed by atoms with Gasteiger partial charge in [-0.05, 0) is 37.3 Å². The molecule has 0 aliphatic carbocycles. The summed E-state index contributed by atoms with van der Waals surface area (Å²) in [4.78, 5) is 34.9. The molecule has 0 heterocycles. The van der Waals surface area contributed by atoms with Crippen molar-refractivity contribution in [2.75, 3.05) is 11.9 Å². The second-order valence-electron chi connectivity index (χ2n) is 5.48. The van der Waals surface area contributed by atoms with Gasteiger partial charge >= 0.3 is 5.97 Å². The van der Waals surface area contributed by atoms with Gasteiger partial charge in [-0.3, -0.25) is 9.59 Å². The van der Waals surface area contributed by atoms with Crippen molar-refractivity contribution >= 4 is 23.3 Å². The van der Waals surface area contributed by atoms with Crippen LogP contribution < -0.4 is 10.1 Å². The van der Waals surface area contributed by atoms with Gasteiger partial charge in [0.25, 0.3) is 0 Å². The first-order valence-corrected chi connectivity index (χ1v) is 7.85. The van der Waals surface area contributed by atoms with Crippen LogP contribution >= 0.6 is 0 Å². The summed E-state index contributed by atoms with van der Waals surface area (Å²) >= 11 is 0. The summed E-state index contributed by atoms with van der Waals surface area (Å²) in [7, 11) is 0. The number of Topliss-reactive ketones (excluding diaryl/α,β-unsaturated/α-hetero) is 1. The predicted molar refractivity (Wildman–Crippen MR) is 92.5 cm³/mol. The van der Waals surface area contributed by atoms with Crippen molar-refractivity contribution in [2.24, 2.45) is 0 Å². The number of anilines is 1. The molecule has 7 heteroatoms. The van der Waals surface area contributed by atoms with E-state index in [9.17, 15) is 18.8 Å². The molecule has 0 bridgehead atoms. The molecule has 0 fully saturated rings. The maximum Gasteiger partial charge on any atom is 0.347 e. The van der Waals surface area contributed by atoms with E-state index in [1.807, 2.05) is 0 Å². The van der Waals surface area contributed by atoms with Gasteiger partial charge in [-0.25, -0.2) is 9.18 Å². The molecule has 1 atom stereocenters. The lowest BCUT2D eigenvalue weighted by Crippen LogP contribution is -2.28. The van der Waals surface area contributed by atoms with Gasteiger partial charge in [0.05, 0.1) is 5.56 Å². The average molecular weight is 359 g/mol. The summed E-state index contributed by atoms with van der Waals surface area (Å²) in [5.74, 6) is -2.12. The van der Waals surface area contributed by atoms with Gasteiger partial charge in [-0.15, -0.1) is 0 Å². The Morgan fingerprint density at radius 1 is 1.12 bits per heavy atom. The van der Waals surface area contributed by atoms with Crippen molar-refractivity contribution < 1.29 is 28.2 Å². The zero-order valence-electron chi connectivity index (χ0n) is 14.3. The van der Waals surface area contributed by atoms with Crippen molar-refractivity contribution in [3.05, 3.63) is 59.9 Å². The topological polar surface area (TPSA) is 81.7 Å². The van der Waals surface area contributed by atoms with Crippen LogP contribution in [0.4, 0.5) is 10.1 Å². The summed E-state index contributed by atoms with van der Waals surface area (Å²) in [6, 6.07) is 12.3. The lowest BCUT2D eigenvalue weighted by molar-refractivity contribution is -0.149. The summed E-state index contributed by atoms with van der Waals surface area (Å²) in [5.41, 5.74) is -0.00281. The Hall–Kier alpha value is -3.22. The van der Waals surface area contributed by atoms with E-state index in [-0.39, 0.29) is 17.2 Å². The summed E-state index contributed by atoms with van der Waals surface area (Å²) < 4.78 is 24.3. The first kappa shape index (κ1) is 19.1. The molecule has 2 aromatic carbocycles. The van der Waals surface area contributed by atoms with Gasteiger partial charge in [0, 0.05) is 12.6 Å². The maximum absolute atomic E-state index is 14.0. The molecule has 136 valence electrons. The van der Waals surface area contributed by atoms with E-state index in [2.05, 4.69) is 5.32 Å². The molecular formula is C19H18FNO5. The molecule has 2 aromatic rings. The molecule has 1 amide bonds. The fourth-order valence-corrected chi connectivity index (χ4v) is 2.11. The number of hydrogen-bond acceptors (Lipinski definition) is 5. The Bertz CT molecular complexity index is 807. The first-order chi connectivity index (χ1) is 12.4. The average Bonchev–Trinajstić information content (AvgIpc) is 2.59. The van der Waals surface area contributed by atoms with Crippen LogP contribution in [0.1, 0.15) is 24.2 Å². The van der Waals surface area contributed by atoms with E-state index < -0.39 is 30.3 Å². The summed E-state index contributed by atoms with van der Waals surface area (Å²) in [6.07, 6.45) is -0.919. The lowest BCUT2D eigenvalue weighted by atomic mass is 10.1. The van der Waals surface area contributed by atoms with E-state index in [0.717, 1.165) is 6.07 Å². The van der Waals surface area contributed by atoms with Crippen LogP contribution in [0.5, 0.6) is 5.75 Å². The third-order valence-corrected chi connectivity index (χ3v) is 3.32. The Balaban J connectivity index is 1.91. The smallest absolute Gasteiger partial charge is 0.347 e. The third-order valence-electron chi connectivity index (χ3n) is 3.32. The van der Waals surface area contributed by atoms with Crippen LogP contribution in [0.15, 0.2) is 48.5 Å². The van der Waals surface area contributed by atoms with Crippen LogP contribution in [-0.2, 0) is 14.3 Å². The number of halogens is 1. The van der Waals surface area contributed by atoms with Crippen molar-refractivity contribution in [3.8, 4) is 5.75 Å². The Morgan fingerprint density at radius 3 is 2.42 bits per heavy atom. The number of ketones is 1. The quantitative estimate of drug-likeness (QED) is 0.607. The minimum atomic E-state index is -0.919. The van der Waals surface area contributed by atoms with Crippen LogP contribution in [-0.4, -0.2) is 30.4 Å². The molecular weight excluding hydrogens is 341 g/mol. The predicted octanol–water partition coefficient (Wildman–Crippen LogP) is 2.98.